The van der Waals surface area contributed by atoms with Gasteiger partial charge in [-0.3, -0.25) is 4.79 Å². The molecule has 1 heterocycles. The Hall–Kier alpha value is -1.09. The van der Waals surface area contributed by atoms with Crippen LogP contribution < -0.4 is 5.32 Å². The van der Waals surface area contributed by atoms with Gasteiger partial charge in [0.25, 0.3) is 5.91 Å². The zero-order valence-electron chi connectivity index (χ0n) is 8.89. The van der Waals surface area contributed by atoms with E-state index in [4.69, 9.17) is 11.6 Å². The summed E-state index contributed by atoms with van der Waals surface area (Å²) in [4.78, 5) is 14.9. The Morgan fingerprint density at radius 1 is 1.43 bits per heavy atom. The Bertz CT molecular complexity index is 313. The quantitative estimate of drug-likeness (QED) is 0.730. The summed E-state index contributed by atoms with van der Waals surface area (Å²) >= 11 is 5.72. The van der Waals surface area contributed by atoms with Crippen molar-refractivity contribution in [2.45, 2.75) is 20.8 Å². The van der Waals surface area contributed by atoms with E-state index < -0.39 is 0 Å². The summed E-state index contributed by atoms with van der Waals surface area (Å²) in [5.74, 6) is -0.225. The molecule has 0 aromatic carbocycles. The molecular formula is C10H15ClN2O. The molecule has 3 nitrogen and oxygen atoms in total. The van der Waals surface area contributed by atoms with Crippen LogP contribution in [0.2, 0.25) is 5.15 Å². The molecule has 1 aromatic heterocycles. The van der Waals surface area contributed by atoms with E-state index in [0.29, 0.717) is 10.8 Å². The lowest BCUT2D eigenvalue weighted by Crippen LogP contribution is -2.19. The smallest absolute Gasteiger partial charge is 0.269 e. The van der Waals surface area contributed by atoms with Crippen LogP contribution in [0.15, 0.2) is 12.1 Å². The van der Waals surface area contributed by atoms with Crippen LogP contribution in [0.5, 0.6) is 0 Å². The van der Waals surface area contributed by atoms with Crippen molar-refractivity contribution < 1.29 is 4.79 Å². The molecule has 0 aliphatic heterocycles. The first-order chi connectivity index (χ1) is 6.65. The molecule has 78 valence electrons. The molecule has 0 bridgehead atoms. The van der Waals surface area contributed by atoms with Crippen molar-refractivity contribution in [2.75, 3.05) is 7.05 Å². The molecule has 0 unspecified atom stereocenters. The molecule has 14 heavy (non-hydrogen) atoms. The highest BCUT2D eigenvalue weighted by molar-refractivity contribution is 6.30. The topological polar surface area (TPSA) is 42.0 Å². The van der Waals surface area contributed by atoms with Gasteiger partial charge in [-0.05, 0) is 18.6 Å². The first kappa shape index (κ1) is 12.9. The number of rotatable bonds is 1. The van der Waals surface area contributed by atoms with Crippen LogP contribution in [0.4, 0.5) is 0 Å². The molecule has 0 saturated heterocycles. The zero-order valence-corrected chi connectivity index (χ0v) is 9.64. The number of hydrogen-bond acceptors (Lipinski definition) is 2. The van der Waals surface area contributed by atoms with Crippen LogP contribution in [0.25, 0.3) is 0 Å². The number of carbonyl (C=O) groups is 1. The van der Waals surface area contributed by atoms with E-state index in [1.807, 2.05) is 20.8 Å². The van der Waals surface area contributed by atoms with Gasteiger partial charge >= 0.3 is 0 Å². The van der Waals surface area contributed by atoms with E-state index in [1.165, 1.54) is 0 Å². The molecule has 1 aromatic rings. The van der Waals surface area contributed by atoms with Gasteiger partial charge in [-0.2, -0.15) is 0 Å². The van der Waals surface area contributed by atoms with Gasteiger partial charge in [0.1, 0.15) is 10.8 Å². The molecule has 1 N–H and O–H groups in total. The van der Waals surface area contributed by atoms with Gasteiger partial charge in [0.05, 0.1) is 0 Å². The molecule has 0 aliphatic rings. The summed E-state index contributed by atoms with van der Waals surface area (Å²) in [6.45, 7) is 5.84. The van der Waals surface area contributed by atoms with Gasteiger partial charge in [-0.1, -0.05) is 31.5 Å². The summed E-state index contributed by atoms with van der Waals surface area (Å²) in [6, 6.07) is 3.40. The van der Waals surface area contributed by atoms with Crippen LogP contribution in [-0.4, -0.2) is 17.9 Å². The molecule has 0 aliphatic carbocycles. The van der Waals surface area contributed by atoms with Crippen molar-refractivity contribution in [1.29, 1.82) is 0 Å². The van der Waals surface area contributed by atoms with Gasteiger partial charge in [-0.25, -0.2) is 4.98 Å². The second kappa shape index (κ2) is 6.38. The van der Waals surface area contributed by atoms with Crippen molar-refractivity contribution in [3.8, 4) is 0 Å². The van der Waals surface area contributed by atoms with Crippen molar-refractivity contribution >= 4 is 17.5 Å². The minimum atomic E-state index is -0.225. The highest BCUT2D eigenvalue weighted by atomic mass is 35.5. The lowest BCUT2D eigenvalue weighted by molar-refractivity contribution is 0.0958. The first-order valence-electron chi connectivity index (χ1n) is 4.50. The Morgan fingerprint density at radius 2 is 2.00 bits per heavy atom. The summed E-state index contributed by atoms with van der Waals surface area (Å²) in [7, 11) is 1.55. The second-order valence-corrected chi connectivity index (χ2v) is 2.74. The fourth-order valence-corrected chi connectivity index (χ4v) is 0.912. The highest BCUT2D eigenvalue weighted by Gasteiger charge is 2.05. The lowest BCUT2D eigenvalue weighted by atomic mass is 10.2. The van der Waals surface area contributed by atoms with Crippen molar-refractivity contribution in [2.24, 2.45) is 0 Å². The largest absolute Gasteiger partial charge is 0.354 e. The molecule has 0 saturated carbocycles. The van der Waals surface area contributed by atoms with E-state index >= 15 is 0 Å². The number of aromatic nitrogens is 1. The van der Waals surface area contributed by atoms with Crippen molar-refractivity contribution in [3.05, 3.63) is 28.5 Å². The number of halogens is 1. The van der Waals surface area contributed by atoms with E-state index in [1.54, 1.807) is 19.2 Å². The van der Waals surface area contributed by atoms with E-state index in [-0.39, 0.29) is 5.91 Å². The molecule has 1 amide bonds. The number of amides is 1. The van der Waals surface area contributed by atoms with Crippen LogP contribution >= 0.6 is 11.6 Å². The predicted molar refractivity (Wildman–Crippen MR) is 58.7 cm³/mol. The van der Waals surface area contributed by atoms with Gasteiger partial charge in [-0.15, -0.1) is 0 Å². The van der Waals surface area contributed by atoms with Crippen LogP contribution in [-0.2, 0) is 0 Å². The maximum Gasteiger partial charge on any atom is 0.269 e. The summed E-state index contributed by atoms with van der Waals surface area (Å²) < 4.78 is 0. The number of hydrogen-bond donors (Lipinski definition) is 1. The summed E-state index contributed by atoms with van der Waals surface area (Å²) in [5, 5.41) is 2.84. The normalized spacial score (nSPS) is 8.64. The van der Waals surface area contributed by atoms with E-state index in [9.17, 15) is 4.79 Å². The molecule has 4 heteroatoms. The van der Waals surface area contributed by atoms with E-state index in [0.717, 1.165) is 5.56 Å². The standard InChI is InChI=1S/C8H9ClN2O.C2H6/c1-5-3-4-6(8(12)10-2)11-7(5)9;1-2/h3-4H,1-2H3,(H,10,12);1-2H3. The Morgan fingerprint density at radius 3 is 2.43 bits per heavy atom. The minimum absolute atomic E-state index is 0.225. The molecule has 0 radical (unpaired) electrons. The Kier molecular flexibility index (Phi) is 5.88. The van der Waals surface area contributed by atoms with Gasteiger partial charge < -0.3 is 5.32 Å². The predicted octanol–water partition coefficient (Wildman–Crippen LogP) is 2.43. The average molecular weight is 215 g/mol. The lowest BCUT2D eigenvalue weighted by Gasteiger charge is -2.00. The average Bonchev–Trinajstić information content (AvgIpc) is 2.24. The minimum Gasteiger partial charge on any atom is -0.354 e. The maximum absolute atomic E-state index is 11.0. The summed E-state index contributed by atoms with van der Waals surface area (Å²) in [6.07, 6.45) is 0. The molecule has 0 atom stereocenters. The van der Waals surface area contributed by atoms with Gasteiger partial charge in [0.15, 0.2) is 0 Å². The third-order valence-electron chi connectivity index (χ3n) is 1.49. The number of nitrogens with zero attached hydrogens (tertiary/aromatic N) is 1. The van der Waals surface area contributed by atoms with E-state index in [2.05, 4.69) is 10.3 Å². The Labute approximate surface area is 89.5 Å². The number of pyridine rings is 1. The SMILES string of the molecule is CC.CNC(=O)c1ccc(C)c(Cl)n1. The van der Waals surface area contributed by atoms with Gasteiger partial charge in [0.2, 0.25) is 0 Å². The second-order valence-electron chi connectivity index (χ2n) is 2.38. The third-order valence-corrected chi connectivity index (χ3v) is 1.88. The highest BCUT2D eigenvalue weighted by Crippen LogP contribution is 2.11. The first-order valence-corrected chi connectivity index (χ1v) is 4.88. The summed E-state index contributed by atoms with van der Waals surface area (Å²) in [5.41, 5.74) is 1.21. The fourth-order valence-electron chi connectivity index (χ4n) is 0.758. The number of aryl methyl sites for hydroxylation is 1. The zero-order chi connectivity index (χ0) is 11.1. The van der Waals surface area contributed by atoms with Gasteiger partial charge in [0, 0.05) is 7.05 Å². The molecule has 0 fully saturated rings. The molecule has 1 rings (SSSR count). The fraction of sp³-hybridized carbons (Fsp3) is 0.400. The third kappa shape index (κ3) is 3.34. The number of carbonyl (C=O) groups excluding carboxylic acids is 1. The maximum atomic E-state index is 11.0. The monoisotopic (exact) mass is 214 g/mol. The van der Waals surface area contributed by atoms with Crippen molar-refractivity contribution in [1.82, 2.24) is 10.3 Å². The van der Waals surface area contributed by atoms with Crippen LogP contribution in [0, 0.1) is 6.92 Å². The Balaban J connectivity index is 0.000000791. The van der Waals surface area contributed by atoms with Crippen LogP contribution in [0.1, 0.15) is 29.9 Å². The van der Waals surface area contributed by atoms with Crippen LogP contribution in [0.3, 0.4) is 0 Å². The number of nitrogens with one attached hydrogen (secondary N) is 1. The molecule has 0 spiro atoms. The van der Waals surface area contributed by atoms with Crippen molar-refractivity contribution in [3.63, 3.8) is 0 Å². The molecular weight excluding hydrogens is 200 g/mol.